The van der Waals surface area contributed by atoms with Crippen LogP contribution in [0.1, 0.15) is 75.4 Å². The monoisotopic (exact) mass is 448 g/mol. The summed E-state index contributed by atoms with van der Waals surface area (Å²) in [7, 11) is 0. The van der Waals surface area contributed by atoms with Crippen LogP contribution in [0.25, 0.3) is 11.0 Å². The molecule has 7 heteroatoms. The Balaban J connectivity index is 1.53. The highest BCUT2D eigenvalue weighted by atomic mass is 19.3. The van der Waals surface area contributed by atoms with E-state index in [9.17, 15) is 13.6 Å². The van der Waals surface area contributed by atoms with Crippen LogP contribution in [0.4, 0.5) is 8.78 Å². The van der Waals surface area contributed by atoms with Gasteiger partial charge in [0.25, 0.3) is 11.8 Å². The highest BCUT2D eigenvalue weighted by molar-refractivity contribution is 5.99. The van der Waals surface area contributed by atoms with Crippen molar-refractivity contribution in [1.29, 1.82) is 0 Å². The van der Waals surface area contributed by atoms with Crippen LogP contribution in [-0.2, 0) is 0 Å². The summed E-state index contributed by atoms with van der Waals surface area (Å²) in [5, 5.41) is 0.882. The molecule has 0 saturated carbocycles. The number of likely N-dealkylation sites (tertiary alicyclic amines) is 2. The first-order valence-electron chi connectivity index (χ1n) is 11.8. The summed E-state index contributed by atoms with van der Waals surface area (Å²) >= 11 is 0. The molecule has 0 bridgehead atoms. The van der Waals surface area contributed by atoms with E-state index in [0.29, 0.717) is 11.6 Å². The predicted molar refractivity (Wildman–Crippen MR) is 121 cm³/mol. The van der Waals surface area contributed by atoms with Gasteiger partial charge in [-0.2, -0.15) is 0 Å². The lowest BCUT2D eigenvalue weighted by atomic mass is 9.98. The molecule has 0 aliphatic carbocycles. The van der Waals surface area contributed by atoms with E-state index in [1.807, 2.05) is 32.0 Å². The maximum Gasteiger partial charge on any atom is 0.289 e. The Morgan fingerprint density at radius 1 is 1.09 bits per heavy atom. The number of hydrogen-bond donors (Lipinski definition) is 0. The molecule has 176 valence electrons. The van der Waals surface area contributed by atoms with Gasteiger partial charge in [-0.05, 0) is 44.7 Å². The third-order valence-electron chi connectivity index (χ3n) is 6.76. The van der Waals surface area contributed by atoms with Gasteiger partial charge in [-0.15, -0.1) is 0 Å². The van der Waals surface area contributed by atoms with E-state index >= 15 is 0 Å². The van der Waals surface area contributed by atoms with Crippen molar-refractivity contribution in [2.45, 2.75) is 77.4 Å². The largest absolute Gasteiger partial charge is 0.490 e. The average molecular weight is 449 g/mol. The number of amides is 1. The molecular weight excluding hydrogens is 414 g/mol. The van der Waals surface area contributed by atoms with Gasteiger partial charge in [-0.3, -0.25) is 4.79 Å². The number of ether oxygens (including phenoxy) is 1. The third-order valence-corrected chi connectivity index (χ3v) is 6.76. The van der Waals surface area contributed by atoms with Gasteiger partial charge < -0.3 is 19.0 Å². The average Bonchev–Trinajstić information content (AvgIpc) is 3.12. The van der Waals surface area contributed by atoms with Crippen LogP contribution in [0, 0.1) is 0 Å². The molecule has 2 aromatic rings. The molecule has 2 fully saturated rings. The van der Waals surface area contributed by atoms with Gasteiger partial charge in [0.05, 0.1) is 0 Å². The van der Waals surface area contributed by atoms with Gasteiger partial charge in [0, 0.05) is 62.1 Å². The summed E-state index contributed by atoms with van der Waals surface area (Å²) in [4.78, 5) is 17.1. The normalized spacial score (nSPS) is 20.4. The van der Waals surface area contributed by atoms with Crippen molar-refractivity contribution in [1.82, 2.24) is 9.80 Å². The van der Waals surface area contributed by atoms with Crippen molar-refractivity contribution in [2.75, 3.05) is 26.2 Å². The first kappa shape index (κ1) is 23.0. The number of rotatable bonds is 5. The minimum Gasteiger partial charge on any atom is -0.490 e. The Bertz CT molecular complexity index is 951. The zero-order valence-corrected chi connectivity index (χ0v) is 19.5. The zero-order chi connectivity index (χ0) is 23.0. The maximum absolute atomic E-state index is 13.5. The molecule has 1 aromatic heterocycles. The van der Waals surface area contributed by atoms with Crippen LogP contribution < -0.4 is 4.74 Å². The summed E-state index contributed by atoms with van der Waals surface area (Å²) in [6.07, 6.45) is 1.52. The number of carbonyl (C=O) groups is 1. The van der Waals surface area contributed by atoms with Gasteiger partial charge in [-0.1, -0.05) is 13.8 Å². The van der Waals surface area contributed by atoms with Gasteiger partial charge in [0.2, 0.25) is 0 Å². The first-order chi connectivity index (χ1) is 15.1. The molecule has 2 aliphatic rings. The summed E-state index contributed by atoms with van der Waals surface area (Å²) in [6.45, 7) is 10.6. The second kappa shape index (κ2) is 9.00. The number of piperidine rings is 2. The lowest BCUT2D eigenvalue weighted by Gasteiger charge is -2.34. The first-order valence-corrected chi connectivity index (χ1v) is 11.8. The zero-order valence-electron chi connectivity index (χ0n) is 19.5. The smallest absolute Gasteiger partial charge is 0.289 e. The topological polar surface area (TPSA) is 45.9 Å². The van der Waals surface area contributed by atoms with Crippen molar-refractivity contribution in [3.63, 3.8) is 0 Å². The maximum atomic E-state index is 13.5. The summed E-state index contributed by atoms with van der Waals surface area (Å²) in [6, 6.07) is 6.30. The fraction of sp³-hybridized carbons (Fsp3) is 0.640. The molecule has 1 amide bonds. The van der Waals surface area contributed by atoms with E-state index in [4.69, 9.17) is 9.15 Å². The molecule has 4 rings (SSSR count). The number of nitrogens with zero attached hydrogens (tertiary/aromatic N) is 2. The van der Waals surface area contributed by atoms with Crippen LogP contribution in [0.3, 0.4) is 0 Å². The minimum absolute atomic E-state index is 0.0455. The number of carbonyl (C=O) groups excluding carboxylic acids is 1. The molecular formula is C25H34F2N2O3. The molecule has 2 aliphatic heterocycles. The number of fused-ring (bicyclic) bond motifs is 1. The van der Waals surface area contributed by atoms with Crippen molar-refractivity contribution in [2.24, 2.45) is 0 Å². The van der Waals surface area contributed by atoms with E-state index in [1.165, 1.54) is 4.90 Å². The van der Waals surface area contributed by atoms with Crippen molar-refractivity contribution < 1.29 is 22.7 Å². The van der Waals surface area contributed by atoms with Crippen molar-refractivity contribution >= 4 is 16.9 Å². The lowest BCUT2D eigenvalue weighted by Crippen LogP contribution is -2.42. The van der Waals surface area contributed by atoms with Crippen LogP contribution in [0.15, 0.2) is 22.6 Å². The second-order valence-electron chi connectivity index (χ2n) is 9.75. The van der Waals surface area contributed by atoms with E-state index in [-0.39, 0.29) is 49.6 Å². The van der Waals surface area contributed by atoms with E-state index in [2.05, 4.69) is 18.7 Å². The number of benzene rings is 1. The Hall–Kier alpha value is -2.15. The van der Waals surface area contributed by atoms with Crippen LogP contribution in [-0.4, -0.2) is 60.0 Å². The number of halogens is 2. The van der Waals surface area contributed by atoms with E-state index < -0.39 is 5.92 Å². The predicted octanol–water partition coefficient (Wildman–Crippen LogP) is 5.68. The van der Waals surface area contributed by atoms with Gasteiger partial charge in [0.1, 0.15) is 17.4 Å². The SMILES string of the molecule is CC(C)c1c(C(=O)N2CCC(F)(F)CC2)oc2cc(OC3CCN(C(C)C)CC3)ccc12. The minimum atomic E-state index is -2.69. The Morgan fingerprint density at radius 3 is 2.34 bits per heavy atom. The Kier molecular flexibility index (Phi) is 6.48. The van der Waals surface area contributed by atoms with Crippen molar-refractivity contribution in [3.8, 4) is 5.75 Å². The van der Waals surface area contributed by atoms with E-state index in [1.54, 1.807) is 0 Å². The second-order valence-corrected chi connectivity index (χ2v) is 9.75. The summed E-state index contributed by atoms with van der Waals surface area (Å²) in [5.41, 5.74) is 1.44. The molecule has 0 radical (unpaired) electrons. The van der Waals surface area contributed by atoms with Crippen molar-refractivity contribution in [3.05, 3.63) is 29.5 Å². The quantitative estimate of drug-likeness (QED) is 0.590. The molecule has 32 heavy (non-hydrogen) atoms. The number of hydrogen-bond acceptors (Lipinski definition) is 4. The van der Waals surface area contributed by atoms with Crippen LogP contribution >= 0.6 is 0 Å². The van der Waals surface area contributed by atoms with Gasteiger partial charge in [0.15, 0.2) is 5.76 Å². The molecule has 1 aromatic carbocycles. The number of alkyl halides is 2. The van der Waals surface area contributed by atoms with Crippen LogP contribution in [0.5, 0.6) is 5.75 Å². The Morgan fingerprint density at radius 2 is 1.75 bits per heavy atom. The lowest BCUT2D eigenvalue weighted by molar-refractivity contribution is -0.0498. The van der Waals surface area contributed by atoms with Gasteiger partial charge in [-0.25, -0.2) is 8.78 Å². The fourth-order valence-corrected chi connectivity index (χ4v) is 4.79. The number of furan rings is 1. The highest BCUT2D eigenvalue weighted by Crippen LogP contribution is 2.36. The molecule has 5 nitrogen and oxygen atoms in total. The Labute approximate surface area is 188 Å². The van der Waals surface area contributed by atoms with Gasteiger partial charge >= 0.3 is 0 Å². The molecule has 2 saturated heterocycles. The third kappa shape index (κ3) is 4.77. The summed E-state index contributed by atoms with van der Waals surface area (Å²) < 4.78 is 39.4. The fourth-order valence-electron chi connectivity index (χ4n) is 4.79. The molecule has 3 heterocycles. The van der Waals surface area contributed by atoms with Crippen LogP contribution in [0.2, 0.25) is 0 Å². The standard InChI is InChI=1S/C25H34F2N2O3/c1-16(2)22-20-6-5-19(31-18-7-11-28(12-8-18)17(3)4)15-21(20)32-23(22)24(30)29-13-9-25(26,27)10-14-29/h5-6,15-18H,7-14H2,1-4H3. The molecule has 0 N–H and O–H groups in total. The molecule has 0 atom stereocenters. The molecule has 0 spiro atoms. The summed E-state index contributed by atoms with van der Waals surface area (Å²) in [5.74, 6) is -1.93. The van der Waals surface area contributed by atoms with E-state index in [0.717, 1.165) is 42.6 Å². The highest BCUT2D eigenvalue weighted by Gasteiger charge is 2.37. The molecule has 0 unspecified atom stereocenters.